The summed E-state index contributed by atoms with van der Waals surface area (Å²) in [5.74, 6) is 0. The summed E-state index contributed by atoms with van der Waals surface area (Å²) < 4.78 is 0. The van der Waals surface area contributed by atoms with Crippen molar-refractivity contribution in [3.8, 4) is 22.5 Å². The standard InChI is InChI=1S/C19H15N3/c20-17-18(14-7-2-1-3-8-14)21-22-19(17)16-11-10-13-6-4-5-9-15(13)12-16/h1-12H,20H2,(H,21,22). The zero-order valence-corrected chi connectivity index (χ0v) is 12.0. The molecule has 0 spiro atoms. The second-order valence-corrected chi connectivity index (χ2v) is 5.29. The van der Waals surface area contributed by atoms with E-state index in [0.29, 0.717) is 5.69 Å². The Bertz CT molecular complexity index is 939. The van der Waals surface area contributed by atoms with Crippen LogP contribution < -0.4 is 5.73 Å². The van der Waals surface area contributed by atoms with Gasteiger partial charge in [0.25, 0.3) is 0 Å². The van der Waals surface area contributed by atoms with Gasteiger partial charge in [0.1, 0.15) is 5.69 Å². The normalized spacial score (nSPS) is 10.9. The summed E-state index contributed by atoms with van der Waals surface area (Å²) in [4.78, 5) is 0. The summed E-state index contributed by atoms with van der Waals surface area (Å²) in [6, 6.07) is 24.6. The maximum atomic E-state index is 6.32. The fourth-order valence-electron chi connectivity index (χ4n) is 2.73. The summed E-state index contributed by atoms with van der Waals surface area (Å²) >= 11 is 0. The number of fused-ring (bicyclic) bond motifs is 1. The highest BCUT2D eigenvalue weighted by atomic mass is 15.1. The lowest BCUT2D eigenvalue weighted by Gasteiger charge is -2.03. The molecule has 0 fully saturated rings. The second kappa shape index (κ2) is 5.04. The molecular formula is C19H15N3. The number of nitrogens with one attached hydrogen (secondary N) is 1. The summed E-state index contributed by atoms with van der Waals surface area (Å²) in [5, 5.41) is 9.88. The summed E-state index contributed by atoms with van der Waals surface area (Å²) in [6.45, 7) is 0. The van der Waals surface area contributed by atoms with Gasteiger partial charge in [0, 0.05) is 11.1 Å². The van der Waals surface area contributed by atoms with E-state index in [1.165, 1.54) is 10.8 Å². The Kier molecular flexibility index (Phi) is 2.90. The van der Waals surface area contributed by atoms with Gasteiger partial charge in [-0.3, -0.25) is 5.10 Å². The van der Waals surface area contributed by atoms with E-state index in [1.54, 1.807) is 0 Å². The van der Waals surface area contributed by atoms with Crippen LogP contribution in [-0.4, -0.2) is 10.2 Å². The van der Waals surface area contributed by atoms with Crippen molar-refractivity contribution in [2.24, 2.45) is 0 Å². The highest BCUT2D eigenvalue weighted by Crippen LogP contribution is 2.33. The quantitative estimate of drug-likeness (QED) is 0.570. The fourth-order valence-corrected chi connectivity index (χ4v) is 2.73. The number of H-pyrrole nitrogens is 1. The van der Waals surface area contributed by atoms with Crippen LogP contribution in [0.4, 0.5) is 5.69 Å². The molecule has 0 unspecified atom stereocenters. The molecule has 4 rings (SSSR count). The third-order valence-corrected chi connectivity index (χ3v) is 3.89. The molecule has 1 heterocycles. The molecule has 0 saturated carbocycles. The molecule has 3 heteroatoms. The van der Waals surface area contributed by atoms with Gasteiger partial charge in [0.2, 0.25) is 0 Å². The van der Waals surface area contributed by atoms with Crippen LogP contribution in [0.25, 0.3) is 33.3 Å². The van der Waals surface area contributed by atoms with E-state index in [0.717, 1.165) is 22.5 Å². The van der Waals surface area contributed by atoms with Crippen molar-refractivity contribution in [3.63, 3.8) is 0 Å². The van der Waals surface area contributed by atoms with E-state index in [-0.39, 0.29) is 0 Å². The lowest BCUT2D eigenvalue weighted by Crippen LogP contribution is -1.89. The molecule has 0 aliphatic carbocycles. The molecular weight excluding hydrogens is 270 g/mol. The van der Waals surface area contributed by atoms with Crippen molar-refractivity contribution in [2.75, 3.05) is 5.73 Å². The highest BCUT2D eigenvalue weighted by molar-refractivity contribution is 5.91. The smallest absolute Gasteiger partial charge is 0.116 e. The first-order valence-electron chi connectivity index (χ1n) is 7.21. The molecule has 0 saturated heterocycles. The lowest BCUT2D eigenvalue weighted by atomic mass is 10.0. The molecule has 3 nitrogen and oxygen atoms in total. The molecule has 3 N–H and O–H groups in total. The van der Waals surface area contributed by atoms with E-state index >= 15 is 0 Å². The Hall–Kier alpha value is -3.07. The zero-order valence-electron chi connectivity index (χ0n) is 12.0. The largest absolute Gasteiger partial charge is 0.395 e. The van der Waals surface area contributed by atoms with Gasteiger partial charge in [-0.05, 0) is 16.8 Å². The van der Waals surface area contributed by atoms with Gasteiger partial charge < -0.3 is 5.73 Å². The first-order chi connectivity index (χ1) is 10.8. The van der Waals surface area contributed by atoms with E-state index in [1.807, 2.05) is 42.5 Å². The molecule has 0 aliphatic rings. The Labute approximate surface area is 128 Å². The molecule has 0 amide bonds. The Morgan fingerprint density at radius 1 is 0.727 bits per heavy atom. The maximum Gasteiger partial charge on any atom is 0.116 e. The number of nitrogens with two attached hydrogens (primary N) is 1. The van der Waals surface area contributed by atoms with E-state index in [9.17, 15) is 0 Å². The van der Waals surface area contributed by atoms with Gasteiger partial charge in [-0.15, -0.1) is 0 Å². The maximum absolute atomic E-state index is 6.32. The van der Waals surface area contributed by atoms with Crippen LogP contribution in [0.3, 0.4) is 0 Å². The van der Waals surface area contributed by atoms with Gasteiger partial charge in [0.05, 0.1) is 11.4 Å². The van der Waals surface area contributed by atoms with Crippen LogP contribution in [0.2, 0.25) is 0 Å². The molecule has 4 aromatic rings. The molecule has 22 heavy (non-hydrogen) atoms. The van der Waals surface area contributed by atoms with Gasteiger partial charge >= 0.3 is 0 Å². The number of aromatic nitrogens is 2. The average molecular weight is 285 g/mol. The van der Waals surface area contributed by atoms with Crippen molar-refractivity contribution >= 4 is 16.5 Å². The second-order valence-electron chi connectivity index (χ2n) is 5.29. The van der Waals surface area contributed by atoms with Crippen molar-refractivity contribution in [1.82, 2.24) is 10.2 Å². The van der Waals surface area contributed by atoms with Crippen LogP contribution in [0, 0.1) is 0 Å². The average Bonchev–Trinajstić information content (AvgIpc) is 2.97. The Morgan fingerprint density at radius 3 is 2.27 bits per heavy atom. The Morgan fingerprint density at radius 2 is 1.45 bits per heavy atom. The first kappa shape index (κ1) is 12.7. The zero-order chi connectivity index (χ0) is 14.9. The Balaban J connectivity index is 1.84. The minimum absolute atomic E-state index is 0.682. The van der Waals surface area contributed by atoms with Crippen LogP contribution in [0.5, 0.6) is 0 Å². The minimum Gasteiger partial charge on any atom is -0.395 e. The van der Waals surface area contributed by atoms with Crippen molar-refractivity contribution in [1.29, 1.82) is 0 Å². The van der Waals surface area contributed by atoms with Gasteiger partial charge in [-0.1, -0.05) is 66.7 Å². The third-order valence-electron chi connectivity index (χ3n) is 3.89. The number of benzene rings is 3. The van der Waals surface area contributed by atoms with E-state index in [4.69, 9.17) is 5.73 Å². The van der Waals surface area contributed by atoms with Crippen molar-refractivity contribution < 1.29 is 0 Å². The van der Waals surface area contributed by atoms with Crippen molar-refractivity contribution in [2.45, 2.75) is 0 Å². The predicted molar refractivity (Wildman–Crippen MR) is 91.4 cm³/mol. The van der Waals surface area contributed by atoms with Crippen LogP contribution in [-0.2, 0) is 0 Å². The number of anilines is 1. The predicted octanol–water partition coefficient (Wildman–Crippen LogP) is 4.48. The first-order valence-corrected chi connectivity index (χ1v) is 7.21. The number of aromatic amines is 1. The summed E-state index contributed by atoms with van der Waals surface area (Å²) in [5.41, 5.74) is 10.7. The van der Waals surface area contributed by atoms with Gasteiger partial charge in [-0.25, -0.2) is 0 Å². The van der Waals surface area contributed by atoms with Crippen LogP contribution in [0.1, 0.15) is 0 Å². The lowest BCUT2D eigenvalue weighted by molar-refractivity contribution is 1.10. The minimum atomic E-state index is 0.682. The highest BCUT2D eigenvalue weighted by Gasteiger charge is 2.13. The molecule has 1 aromatic heterocycles. The van der Waals surface area contributed by atoms with Crippen LogP contribution >= 0.6 is 0 Å². The SMILES string of the molecule is Nc1c(-c2ccc3ccccc3c2)n[nH]c1-c1ccccc1. The molecule has 0 aliphatic heterocycles. The molecule has 3 aromatic carbocycles. The van der Waals surface area contributed by atoms with Gasteiger partial charge in [0.15, 0.2) is 0 Å². The fraction of sp³-hybridized carbons (Fsp3) is 0. The topological polar surface area (TPSA) is 54.7 Å². The third kappa shape index (κ3) is 2.04. The monoisotopic (exact) mass is 285 g/mol. The van der Waals surface area contributed by atoms with Gasteiger partial charge in [-0.2, -0.15) is 5.10 Å². The number of hydrogen-bond donors (Lipinski definition) is 2. The number of rotatable bonds is 2. The molecule has 0 radical (unpaired) electrons. The summed E-state index contributed by atoms with van der Waals surface area (Å²) in [6.07, 6.45) is 0. The summed E-state index contributed by atoms with van der Waals surface area (Å²) in [7, 11) is 0. The number of nitrogen functional groups attached to an aromatic ring is 1. The number of hydrogen-bond acceptors (Lipinski definition) is 2. The molecule has 106 valence electrons. The van der Waals surface area contributed by atoms with Crippen LogP contribution in [0.15, 0.2) is 72.8 Å². The molecule has 0 atom stereocenters. The van der Waals surface area contributed by atoms with E-state index < -0.39 is 0 Å². The molecule has 0 bridgehead atoms. The van der Waals surface area contributed by atoms with E-state index in [2.05, 4.69) is 40.5 Å². The number of nitrogens with zero attached hydrogens (tertiary/aromatic N) is 1. The van der Waals surface area contributed by atoms with Crippen molar-refractivity contribution in [3.05, 3.63) is 72.8 Å².